The van der Waals surface area contributed by atoms with Crippen molar-refractivity contribution in [2.75, 3.05) is 0 Å². The van der Waals surface area contributed by atoms with Gasteiger partial charge in [-0.2, -0.15) is 5.26 Å². The molecule has 0 fully saturated rings. The van der Waals surface area contributed by atoms with Crippen LogP contribution in [0.15, 0.2) is 218 Å². The van der Waals surface area contributed by atoms with E-state index in [0.717, 1.165) is 121 Å². The molecular weight excluding hydrogens is 829 g/mol. The molecule has 0 bridgehead atoms. The summed E-state index contributed by atoms with van der Waals surface area (Å²) in [7, 11) is 0. The first-order valence-corrected chi connectivity index (χ1v) is 22.8. The molecule has 0 amide bonds. The van der Waals surface area contributed by atoms with E-state index in [1.165, 1.54) is 0 Å². The Morgan fingerprint density at radius 2 is 0.779 bits per heavy atom. The molecule has 0 saturated heterocycles. The van der Waals surface area contributed by atoms with Gasteiger partial charge in [-0.1, -0.05) is 152 Å². The summed E-state index contributed by atoms with van der Waals surface area (Å²) in [5.41, 5.74) is 14.7. The Hall–Kier alpha value is -9.62. The highest BCUT2D eigenvalue weighted by Crippen LogP contribution is 2.49. The van der Waals surface area contributed by atoms with Gasteiger partial charge >= 0.3 is 0 Å². The molecule has 0 aliphatic carbocycles. The highest BCUT2D eigenvalue weighted by molar-refractivity contribution is 6.26. The summed E-state index contributed by atoms with van der Waals surface area (Å²) in [4.78, 5) is 4.67. The molecule has 6 nitrogen and oxygen atoms in total. The smallest absolute Gasteiger partial charge is 0.234 e. The lowest BCUT2D eigenvalue weighted by Crippen LogP contribution is -2.04. The molecule has 0 N–H and O–H groups in total. The fraction of sp³-hybridized carbons (Fsp3) is 0. The van der Waals surface area contributed by atoms with Gasteiger partial charge in [0.15, 0.2) is 0 Å². The third-order valence-electron chi connectivity index (χ3n) is 14.0. The second-order valence-electron chi connectivity index (χ2n) is 17.4. The van der Waals surface area contributed by atoms with Crippen molar-refractivity contribution in [2.24, 2.45) is 0 Å². The van der Waals surface area contributed by atoms with E-state index in [4.69, 9.17) is 0 Å². The molecule has 0 unspecified atom stereocenters. The summed E-state index contributed by atoms with van der Waals surface area (Å²) >= 11 is 0. The third kappa shape index (κ3) is 5.14. The second-order valence-corrected chi connectivity index (χ2v) is 17.4. The maximum absolute atomic E-state index is 10.3. The van der Waals surface area contributed by atoms with Gasteiger partial charge in [0.25, 0.3) is 0 Å². The van der Waals surface area contributed by atoms with Crippen LogP contribution in [0.2, 0.25) is 0 Å². The first kappa shape index (κ1) is 37.7. The molecule has 4 heterocycles. The summed E-state index contributed by atoms with van der Waals surface area (Å²) in [5.74, 6) is 0. The van der Waals surface area contributed by atoms with Crippen LogP contribution in [-0.4, -0.2) is 18.3 Å². The van der Waals surface area contributed by atoms with Gasteiger partial charge in [-0.25, -0.2) is 4.85 Å². The van der Waals surface area contributed by atoms with E-state index in [1.807, 2.05) is 18.2 Å². The number of aromatic nitrogens is 4. The van der Waals surface area contributed by atoms with Gasteiger partial charge in [-0.3, -0.25) is 0 Å². The molecule has 4 aromatic heterocycles. The maximum Gasteiger partial charge on any atom is 0.234 e. The van der Waals surface area contributed by atoms with Crippen molar-refractivity contribution in [3.8, 4) is 39.9 Å². The van der Waals surface area contributed by atoms with Crippen molar-refractivity contribution in [2.45, 2.75) is 0 Å². The molecule has 314 valence electrons. The van der Waals surface area contributed by atoms with E-state index in [2.05, 4.69) is 229 Å². The minimum atomic E-state index is 0.494. The predicted molar refractivity (Wildman–Crippen MR) is 280 cm³/mol. The lowest BCUT2D eigenvalue weighted by Gasteiger charge is -2.21. The van der Waals surface area contributed by atoms with Crippen molar-refractivity contribution in [1.29, 1.82) is 5.26 Å². The van der Waals surface area contributed by atoms with Gasteiger partial charge in [-0.05, 0) is 77.9 Å². The SMILES string of the molecule is [C-]#[N+]c1c(-n2c3ccccc3c3ccc4c5ccccc5n(-c5ccccc5)c4c32)ccc(-c2cccc(C#N)c2)c1-n1c2ccccc2c2ccc3c4ccccc4n(-c4ccccc4)c3c21. The van der Waals surface area contributed by atoms with Gasteiger partial charge < -0.3 is 18.3 Å². The van der Waals surface area contributed by atoms with E-state index in [-0.39, 0.29) is 0 Å². The van der Waals surface area contributed by atoms with Crippen molar-refractivity contribution < 1.29 is 0 Å². The number of para-hydroxylation sites is 6. The zero-order valence-corrected chi connectivity index (χ0v) is 36.5. The highest BCUT2D eigenvalue weighted by atomic mass is 15.1. The van der Waals surface area contributed by atoms with Crippen LogP contribution in [0.4, 0.5) is 5.69 Å². The average molecular weight is 865 g/mol. The Bertz CT molecular complexity index is 4510. The Morgan fingerprint density at radius 3 is 1.25 bits per heavy atom. The highest BCUT2D eigenvalue weighted by Gasteiger charge is 2.28. The van der Waals surface area contributed by atoms with Gasteiger partial charge in [0.05, 0.1) is 73.7 Å². The summed E-state index contributed by atoms with van der Waals surface area (Å²) < 4.78 is 9.45. The number of hydrogen-bond acceptors (Lipinski definition) is 1. The quantitative estimate of drug-likeness (QED) is 0.159. The van der Waals surface area contributed by atoms with Crippen molar-refractivity contribution in [3.63, 3.8) is 0 Å². The van der Waals surface area contributed by atoms with Crippen LogP contribution in [0, 0.1) is 17.9 Å². The molecule has 10 aromatic carbocycles. The molecular formula is C62H36N6. The van der Waals surface area contributed by atoms with Crippen molar-refractivity contribution in [1.82, 2.24) is 18.3 Å². The maximum atomic E-state index is 10.3. The Balaban J connectivity index is 1.21. The van der Waals surface area contributed by atoms with E-state index < -0.39 is 0 Å². The average Bonchev–Trinajstić information content (AvgIpc) is 4.14. The van der Waals surface area contributed by atoms with E-state index in [9.17, 15) is 11.8 Å². The zero-order chi connectivity index (χ0) is 45.0. The molecule has 14 rings (SSSR count). The van der Waals surface area contributed by atoms with Crippen LogP contribution in [0.25, 0.3) is 126 Å². The summed E-state index contributed by atoms with van der Waals surface area (Å²) in [6, 6.07) is 79.0. The molecule has 68 heavy (non-hydrogen) atoms. The monoisotopic (exact) mass is 864 g/mol. The van der Waals surface area contributed by atoms with Gasteiger partial charge in [0.2, 0.25) is 5.69 Å². The number of fused-ring (bicyclic) bond motifs is 14. The molecule has 0 atom stereocenters. The predicted octanol–water partition coefficient (Wildman–Crippen LogP) is 16.2. The number of nitrogens with zero attached hydrogens (tertiary/aromatic N) is 6. The molecule has 14 aromatic rings. The van der Waals surface area contributed by atoms with Crippen molar-refractivity contribution >= 4 is 92.9 Å². The minimum absolute atomic E-state index is 0.494. The molecule has 0 saturated carbocycles. The second kappa shape index (κ2) is 14.4. The fourth-order valence-corrected chi connectivity index (χ4v) is 11.2. The first-order chi connectivity index (χ1) is 33.7. The van der Waals surface area contributed by atoms with Crippen LogP contribution in [0.1, 0.15) is 5.56 Å². The number of rotatable bonds is 5. The molecule has 0 aliphatic heterocycles. The van der Waals surface area contributed by atoms with E-state index >= 15 is 0 Å². The van der Waals surface area contributed by atoms with Gasteiger partial charge in [0.1, 0.15) is 0 Å². The van der Waals surface area contributed by atoms with E-state index in [0.29, 0.717) is 11.3 Å². The largest absolute Gasteiger partial charge is 0.317 e. The van der Waals surface area contributed by atoms with Crippen LogP contribution >= 0.6 is 0 Å². The minimum Gasteiger partial charge on any atom is -0.317 e. The summed E-state index contributed by atoms with van der Waals surface area (Å²) in [6.45, 7) is 9.49. The molecule has 0 aliphatic rings. The normalized spacial score (nSPS) is 11.8. The number of hydrogen-bond donors (Lipinski definition) is 0. The Labute approximate surface area is 390 Å². The number of nitriles is 1. The topological polar surface area (TPSA) is 47.9 Å². The summed E-state index contributed by atoms with van der Waals surface area (Å²) in [5, 5.41) is 19.2. The lowest BCUT2D eigenvalue weighted by molar-refractivity contribution is 1.13. The third-order valence-corrected chi connectivity index (χ3v) is 14.0. The van der Waals surface area contributed by atoms with Crippen LogP contribution in [0.3, 0.4) is 0 Å². The Kier molecular flexibility index (Phi) is 8.01. The first-order valence-electron chi connectivity index (χ1n) is 22.8. The van der Waals surface area contributed by atoms with Crippen LogP contribution in [-0.2, 0) is 0 Å². The summed E-state index contributed by atoms with van der Waals surface area (Å²) in [6.07, 6.45) is 0. The standard InChI is InChI=1S/C62H36N6/c1-64-57-56(67-54-29-14-10-25-46(54)50-33-31-48-44-23-8-12-27-52(44)65(59(48)61(50)67)41-19-4-2-5-20-41)36-35-43(40-18-16-17-39(37-40)38-63)58(57)68-55-30-15-11-26-47(55)51-34-32-49-45-24-9-13-28-53(45)66(60(49)62(51)68)42-21-6-3-7-22-42/h2-37H. The Morgan fingerprint density at radius 1 is 0.368 bits per heavy atom. The van der Waals surface area contributed by atoms with E-state index in [1.54, 1.807) is 0 Å². The van der Waals surface area contributed by atoms with Crippen LogP contribution in [0.5, 0.6) is 0 Å². The zero-order valence-electron chi connectivity index (χ0n) is 36.5. The van der Waals surface area contributed by atoms with Crippen molar-refractivity contribution in [3.05, 3.63) is 235 Å². The van der Waals surface area contributed by atoms with Gasteiger partial charge in [-0.15, -0.1) is 0 Å². The lowest BCUT2D eigenvalue weighted by atomic mass is 9.99. The van der Waals surface area contributed by atoms with Crippen LogP contribution < -0.4 is 0 Å². The fourth-order valence-electron chi connectivity index (χ4n) is 11.2. The molecule has 0 radical (unpaired) electrons. The number of benzene rings is 10. The van der Waals surface area contributed by atoms with Gasteiger partial charge in [0, 0.05) is 54.5 Å². The molecule has 6 heteroatoms. The molecule has 0 spiro atoms.